The lowest BCUT2D eigenvalue weighted by Gasteiger charge is -2.17. The molecule has 1 aliphatic rings. The zero-order valence-corrected chi connectivity index (χ0v) is 15.2. The van der Waals surface area contributed by atoms with Gasteiger partial charge >= 0.3 is 0 Å². The summed E-state index contributed by atoms with van der Waals surface area (Å²) in [6.07, 6.45) is 1.24. The van der Waals surface area contributed by atoms with E-state index >= 15 is 0 Å². The summed E-state index contributed by atoms with van der Waals surface area (Å²) in [5, 5.41) is 2.79. The molecular weight excluding hydrogens is 326 g/mol. The molecule has 2 aromatic rings. The number of carbonyl (C=O) groups is 1. The van der Waals surface area contributed by atoms with E-state index in [1.54, 1.807) is 0 Å². The summed E-state index contributed by atoms with van der Waals surface area (Å²) in [4.78, 5) is 11.8. The summed E-state index contributed by atoms with van der Waals surface area (Å²) in [7, 11) is 0. The Morgan fingerprint density at radius 2 is 1.96 bits per heavy atom. The smallest absolute Gasteiger partial charge is 0.225 e. The lowest BCUT2D eigenvalue weighted by molar-refractivity contribution is -0.120. The molecule has 4 nitrogen and oxygen atoms in total. The minimum Gasteiger partial charge on any atom is -0.483 e. The largest absolute Gasteiger partial charge is 0.483 e. The molecule has 1 amide bonds. The quantitative estimate of drug-likeness (QED) is 0.844. The monoisotopic (exact) mass is 349 g/mol. The van der Waals surface area contributed by atoms with Crippen LogP contribution in [0.2, 0.25) is 0 Å². The SMILES string of the molecule is CC1(C)Cc2cccc(OCC#CCNC(=O)Cc3ccccc3)c2O1. The number of rotatable bonds is 5. The van der Waals surface area contributed by atoms with Crippen LogP contribution < -0.4 is 14.8 Å². The van der Waals surface area contributed by atoms with Gasteiger partial charge in [-0.05, 0) is 25.5 Å². The number of benzene rings is 2. The maximum Gasteiger partial charge on any atom is 0.225 e. The zero-order chi connectivity index (χ0) is 18.4. The molecule has 0 fully saturated rings. The van der Waals surface area contributed by atoms with Crippen molar-refractivity contribution in [2.45, 2.75) is 32.3 Å². The average molecular weight is 349 g/mol. The van der Waals surface area contributed by atoms with Crippen LogP contribution in [-0.4, -0.2) is 24.7 Å². The molecular formula is C22H23NO3. The van der Waals surface area contributed by atoms with Gasteiger partial charge in [0.2, 0.25) is 5.91 Å². The summed E-state index contributed by atoms with van der Waals surface area (Å²) in [5.74, 6) is 7.33. The molecule has 0 unspecified atom stereocenters. The molecule has 0 radical (unpaired) electrons. The maximum atomic E-state index is 11.8. The van der Waals surface area contributed by atoms with Gasteiger partial charge in [-0.25, -0.2) is 0 Å². The molecule has 3 rings (SSSR count). The fraction of sp³-hybridized carbons (Fsp3) is 0.318. The molecule has 0 spiro atoms. The Kier molecular flexibility index (Phi) is 5.48. The Morgan fingerprint density at radius 3 is 2.77 bits per heavy atom. The minimum atomic E-state index is -0.198. The number of para-hydroxylation sites is 1. The van der Waals surface area contributed by atoms with Gasteiger partial charge in [0.05, 0.1) is 13.0 Å². The second-order valence-corrected chi connectivity index (χ2v) is 6.86. The van der Waals surface area contributed by atoms with E-state index in [4.69, 9.17) is 9.47 Å². The summed E-state index contributed by atoms with van der Waals surface area (Å²) in [6.45, 7) is 4.70. The van der Waals surface area contributed by atoms with Crippen LogP contribution in [0.5, 0.6) is 11.5 Å². The second kappa shape index (κ2) is 7.97. The van der Waals surface area contributed by atoms with Crippen molar-refractivity contribution in [2.75, 3.05) is 13.2 Å². The van der Waals surface area contributed by atoms with E-state index in [1.165, 1.54) is 0 Å². The van der Waals surface area contributed by atoms with Gasteiger partial charge in [0.25, 0.3) is 0 Å². The molecule has 26 heavy (non-hydrogen) atoms. The first-order valence-corrected chi connectivity index (χ1v) is 8.73. The molecule has 1 N–H and O–H groups in total. The third-order valence-corrected chi connectivity index (χ3v) is 4.06. The Labute approximate surface area is 154 Å². The normalized spacial score (nSPS) is 13.8. The average Bonchev–Trinajstić information content (AvgIpc) is 2.93. The topological polar surface area (TPSA) is 47.6 Å². The van der Waals surface area contributed by atoms with Crippen molar-refractivity contribution < 1.29 is 14.3 Å². The van der Waals surface area contributed by atoms with Gasteiger partial charge in [0, 0.05) is 12.0 Å². The predicted octanol–water partition coefficient (Wildman–Crippen LogP) is 3.14. The number of carbonyl (C=O) groups excluding carboxylic acids is 1. The molecule has 1 aliphatic heterocycles. The molecule has 134 valence electrons. The summed E-state index contributed by atoms with van der Waals surface area (Å²) in [6, 6.07) is 15.6. The highest BCUT2D eigenvalue weighted by molar-refractivity contribution is 5.78. The number of hydrogen-bond acceptors (Lipinski definition) is 3. The zero-order valence-electron chi connectivity index (χ0n) is 15.2. The van der Waals surface area contributed by atoms with E-state index in [2.05, 4.69) is 37.1 Å². The van der Waals surface area contributed by atoms with Gasteiger partial charge in [0.15, 0.2) is 11.5 Å². The summed E-state index contributed by atoms with van der Waals surface area (Å²) in [5.41, 5.74) is 1.95. The van der Waals surface area contributed by atoms with Crippen LogP contribution in [-0.2, 0) is 17.6 Å². The van der Waals surface area contributed by atoms with Crippen molar-refractivity contribution in [3.05, 3.63) is 59.7 Å². The number of nitrogens with one attached hydrogen (secondary N) is 1. The van der Waals surface area contributed by atoms with Crippen molar-refractivity contribution >= 4 is 5.91 Å². The van der Waals surface area contributed by atoms with Crippen molar-refractivity contribution in [2.24, 2.45) is 0 Å². The van der Waals surface area contributed by atoms with Gasteiger partial charge in [-0.15, -0.1) is 0 Å². The third-order valence-electron chi connectivity index (χ3n) is 4.06. The molecule has 0 aliphatic carbocycles. The number of ether oxygens (including phenoxy) is 2. The van der Waals surface area contributed by atoms with Crippen LogP contribution in [0.4, 0.5) is 0 Å². The third kappa shape index (κ3) is 4.80. The Bertz CT molecular complexity index is 831. The van der Waals surface area contributed by atoms with Gasteiger partial charge in [-0.3, -0.25) is 4.79 Å². The van der Waals surface area contributed by atoms with Gasteiger partial charge in [-0.1, -0.05) is 54.3 Å². The molecule has 0 bridgehead atoms. The number of fused-ring (bicyclic) bond motifs is 1. The van der Waals surface area contributed by atoms with E-state index in [1.807, 2.05) is 42.5 Å². The fourth-order valence-corrected chi connectivity index (χ4v) is 2.91. The van der Waals surface area contributed by atoms with Crippen LogP contribution in [0.1, 0.15) is 25.0 Å². The molecule has 0 saturated heterocycles. The van der Waals surface area contributed by atoms with Crippen molar-refractivity contribution in [3.63, 3.8) is 0 Å². The Balaban J connectivity index is 1.43. The maximum absolute atomic E-state index is 11.8. The van der Waals surface area contributed by atoms with Gasteiger partial charge < -0.3 is 14.8 Å². The van der Waals surface area contributed by atoms with Crippen LogP contribution in [0, 0.1) is 11.8 Å². The molecule has 1 heterocycles. The van der Waals surface area contributed by atoms with Gasteiger partial charge in [-0.2, -0.15) is 0 Å². The molecule has 0 aromatic heterocycles. The van der Waals surface area contributed by atoms with Crippen LogP contribution in [0.15, 0.2) is 48.5 Å². The summed E-state index contributed by atoms with van der Waals surface area (Å²) < 4.78 is 11.7. The first-order valence-electron chi connectivity index (χ1n) is 8.73. The minimum absolute atomic E-state index is 0.0390. The van der Waals surface area contributed by atoms with Crippen molar-refractivity contribution in [1.29, 1.82) is 0 Å². The lowest BCUT2D eigenvalue weighted by Crippen LogP contribution is -2.25. The van der Waals surface area contributed by atoms with Gasteiger partial charge in [0.1, 0.15) is 12.2 Å². The highest BCUT2D eigenvalue weighted by Gasteiger charge is 2.32. The van der Waals surface area contributed by atoms with Crippen molar-refractivity contribution in [1.82, 2.24) is 5.32 Å². The summed E-state index contributed by atoms with van der Waals surface area (Å²) >= 11 is 0. The second-order valence-electron chi connectivity index (χ2n) is 6.86. The van der Waals surface area contributed by atoms with Crippen molar-refractivity contribution in [3.8, 4) is 23.3 Å². The van der Waals surface area contributed by atoms with Crippen LogP contribution in [0.25, 0.3) is 0 Å². The van der Waals surface area contributed by atoms with E-state index in [-0.39, 0.29) is 18.1 Å². The highest BCUT2D eigenvalue weighted by atomic mass is 16.5. The predicted molar refractivity (Wildman–Crippen MR) is 101 cm³/mol. The first-order chi connectivity index (χ1) is 12.5. The number of hydrogen-bond donors (Lipinski definition) is 1. The van der Waals surface area contributed by atoms with Crippen LogP contribution in [0.3, 0.4) is 0 Å². The Morgan fingerprint density at radius 1 is 1.15 bits per heavy atom. The van der Waals surface area contributed by atoms with E-state index in [0.29, 0.717) is 13.0 Å². The first kappa shape index (κ1) is 17.9. The Hall–Kier alpha value is -2.93. The fourth-order valence-electron chi connectivity index (χ4n) is 2.91. The molecule has 0 saturated carbocycles. The molecule has 0 atom stereocenters. The van der Waals surface area contributed by atoms with E-state index in [0.717, 1.165) is 29.0 Å². The van der Waals surface area contributed by atoms with E-state index in [9.17, 15) is 4.79 Å². The van der Waals surface area contributed by atoms with Crippen LogP contribution >= 0.6 is 0 Å². The molecule has 2 aromatic carbocycles. The highest BCUT2D eigenvalue weighted by Crippen LogP contribution is 2.41. The standard InChI is InChI=1S/C22H23NO3/c1-22(2)16-18-11-8-12-19(21(18)26-22)25-14-7-6-13-23-20(24)15-17-9-4-3-5-10-17/h3-5,8-12H,13-16H2,1-2H3,(H,23,24). The van der Waals surface area contributed by atoms with E-state index < -0.39 is 0 Å². The number of amides is 1. The molecule has 4 heteroatoms. The lowest BCUT2D eigenvalue weighted by atomic mass is 10.0.